The number of benzene rings is 1. The number of nitrogens with zero attached hydrogens (tertiary/aromatic N) is 2. The van der Waals surface area contributed by atoms with Gasteiger partial charge in [0.1, 0.15) is 10.3 Å². The molecule has 1 aromatic carbocycles. The predicted octanol–water partition coefficient (Wildman–Crippen LogP) is 4.76. The highest BCUT2D eigenvalue weighted by Gasteiger charge is 2.10. The average Bonchev–Trinajstić information content (AvgIpc) is 2.20. The van der Waals surface area contributed by atoms with Crippen LogP contribution in [-0.4, -0.2) is 9.97 Å². The molecule has 0 aliphatic heterocycles. The molecule has 2 rings (SSSR count). The van der Waals surface area contributed by atoms with Crippen molar-refractivity contribution in [3.63, 3.8) is 0 Å². The number of hydrogen-bond donors (Lipinski definition) is 0. The first-order valence-corrected chi connectivity index (χ1v) is 5.73. The standard InChI is InChI=1S/C10H4Cl4N2/c11-6-3-1-2-5(9(6)14)10-15-7(12)4-8(13)16-10/h1-4H. The van der Waals surface area contributed by atoms with Gasteiger partial charge < -0.3 is 0 Å². The molecule has 2 nitrogen and oxygen atoms in total. The summed E-state index contributed by atoms with van der Waals surface area (Å²) in [5.41, 5.74) is 0.596. The van der Waals surface area contributed by atoms with Gasteiger partial charge in [-0.15, -0.1) is 0 Å². The largest absolute Gasteiger partial charge is 0.216 e. The summed E-state index contributed by atoms with van der Waals surface area (Å²) in [5.74, 6) is 0.352. The van der Waals surface area contributed by atoms with Crippen molar-refractivity contribution in [1.29, 1.82) is 0 Å². The lowest BCUT2D eigenvalue weighted by atomic mass is 10.2. The van der Waals surface area contributed by atoms with E-state index in [0.717, 1.165) is 0 Å². The second kappa shape index (κ2) is 4.76. The molecule has 0 saturated heterocycles. The Labute approximate surface area is 112 Å². The quantitative estimate of drug-likeness (QED) is 0.709. The number of aromatic nitrogens is 2. The van der Waals surface area contributed by atoms with E-state index in [1.54, 1.807) is 18.2 Å². The van der Waals surface area contributed by atoms with Crippen LogP contribution in [0.1, 0.15) is 0 Å². The molecule has 0 fully saturated rings. The molecule has 0 spiro atoms. The Morgan fingerprint density at radius 3 is 2.12 bits per heavy atom. The van der Waals surface area contributed by atoms with Gasteiger partial charge in [-0.05, 0) is 12.1 Å². The minimum atomic E-state index is 0.256. The molecule has 0 amide bonds. The third-order valence-corrected chi connectivity index (χ3v) is 3.06. The summed E-state index contributed by atoms with van der Waals surface area (Å²) < 4.78 is 0. The Bertz CT molecular complexity index is 522. The predicted molar refractivity (Wildman–Crippen MR) is 67.5 cm³/mol. The average molecular weight is 294 g/mol. The Hall–Kier alpha value is -0.540. The van der Waals surface area contributed by atoms with Crippen molar-refractivity contribution >= 4 is 46.4 Å². The first kappa shape index (κ1) is 11.9. The van der Waals surface area contributed by atoms with Crippen LogP contribution in [0.4, 0.5) is 0 Å². The van der Waals surface area contributed by atoms with Crippen LogP contribution in [0.15, 0.2) is 24.3 Å². The fourth-order valence-corrected chi connectivity index (χ4v) is 1.99. The van der Waals surface area contributed by atoms with Crippen LogP contribution in [0, 0.1) is 0 Å². The highest BCUT2D eigenvalue weighted by Crippen LogP contribution is 2.32. The molecule has 0 bridgehead atoms. The van der Waals surface area contributed by atoms with Crippen LogP contribution in [0.5, 0.6) is 0 Å². The third-order valence-electron chi connectivity index (χ3n) is 1.86. The van der Waals surface area contributed by atoms with Gasteiger partial charge in [-0.25, -0.2) is 9.97 Å². The minimum Gasteiger partial charge on any atom is -0.216 e. The van der Waals surface area contributed by atoms with Crippen molar-refractivity contribution in [2.75, 3.05) is 0 Å². The Morgan fingerprint density at radius 1 is 0.875 bits per heavy atom. The van der Waals surface area contributed by atoms with Crippen LogP contribution in [0.25, 0.3) is 11.4 Å². The molecule has 0 aliphatic carbocycles. The van der Waals surface area contributed by atoms with E-state index in [1.807, 2.05) is 0 Å². The molecule has 0 unspecified atom stereocenters. The van der Waals surface area contributed by atoms with Crippen LogP contribution >= 0.6 is 46.4 Å². The van der Waals surface area contributed by atoms with E-state index in [0.29, 0.717) is 21.4 Å². The van der Waals surface area contributed by atoms with E-state index in [4.69, 9.17) is 46.4 Å². The SMILES string of the molecule is Clc1cc(Cl)nc(-c2cccc(Cl)c2Cl)n1. The van der Waals surface area contributed by atoms with Gasteiger partial charge in [-0.3, -0.25) is 0 Å². The van der Waals surface area contributed by atoms with Gasteiger partial charge in [0, 0.05) is 11.6 Å². The fraction of sp³-hybridized carbons (Fsp3) is 0. The van der Waals surface area contributed by atoms with Crippen LogP contribution in [0.3, 0.4) is 0 Å². The van der Waals surface area contributed by atoms with Crippen molar-refractivity contribution < 1.29 is 0 Å². The second-order valence-corrected chi connectivity index (χ2v) is 4.50. The van der Waals surface area contributed by atoms with E-state index in [1.165, 1.54) is 6.07 Å². The van der Waals surface area contributed by atoms with E-state index in [-0.39, 0.29) is 10.3 Å². The Morgan fingerprint density at radius 2 is 1.50 bits per heavy atom. The lowest BCUT2D eigenvalue weighted by Gasteiger charge is -2.04. The summed E-state index contributed by atoms with van der Waals surface area (Å²) in [5, 5.41) is 1.32. The minimum absolute atomic E-state index is 0.256. The molecular formula is C10H4Cl4N2. The summed E-state index contributed by atoms with van der Waals surface area (Å²) in [7, 11) is 0. The van der Waals surface area contributed by atoms with Crippen LogP contribution < -0.4 is 0 Å². The van der Waals surface area contributed by atoms with Gasteiger partial charge in [0.25, 0.3) is 0 Å². The van der Waals surface area contributed by atoms with Crippen molar-refractivity contribution in [3.8, 4) is 11.4 Å². The number of halogens is 4. The highest BCUT2D eigenvalue weighted by atomic mass is 35.5. The van der Waals surface area contributed by atoms with Gasteiger partial charge in [-0.2, -0.15) is 0 Å². The smallest absolute Gasteiger partial charge is 0.164 e. The van der Waals surface area contributed by atoms with Crippen molar-refractivity contribution in [2.45, 2.75) is 0 Å². The molecule has 6 heteroatoms. The van der Waals surface area contributed by atoms with Crippen molar-refractivity contribution in [1.82, 2.24) is 9.97 Å². The fourth-order valence-electron chi connectivity index (χ4n) is 1.19. The lowest BCUT2D eigenvalue weighted by molar-refractivity contribution is 1.18. The van der Waals surface area contributed by atoms with Gasteiger partial charge in [0.05, 0.1) is 10.0 Å². The maximum atomic E-state index is 6.03. The van der Waals surface area contributed by atoms with E-state index in [9.17, 15) is 0 Å². The maximum absolute atomic E-state index is 6.03. The Kier molecular flexibility index (Phi) is 3.55. The first-order chi connectivity index (χ1) is 7.58. The molecule has 0 radical (unpaired) electrons. The van der Waals surface area contributed by atoms with E-state index < -0.39 is 0 Å². The summed E-state index contributed by atoms with van der Waals surface area (Å²) in [6, 6.07) is 6.63. The summed E-state index contributed by atoms with van der Waals surface area (Å²) in [6.07, 6.45) is 0. The highest BCUT2D eigenvalue weighted by molar-refractivity contribution is 6.43. The normalized spacial score (nSPS) is 10.5. The summed E-state index contributed by atoms with van der Waals surface area (Å²) in [6.45, 7) is 0. The molecule has 1 heterocycles. The molecular weight excluding hydrogens is 290 g/mol. The van der Waals surface area contributed by atoms with Gasteiger partial charge in [0.15, 0.2) is 5.82 Å². The molecule has 16 heavy (non-hydrogen) atoms. The monoisotopic (exact) mass is 292 g/mol. The molecule has 0 saturated carbocycles. The maximum Gasteiger partial charge on any atom is 0.164 e. The second-order valence-electron chi connectivity index (χ2n) is 2.94. The van der Waals surface area contributed by atoms with E-state index >= 15 is 0 Å². The van der Waals surface area contributed by atoms with Gasteiger partial charge in [-0.1, -0.05) is 52.5 Å². The topological polar surface area (TPSA) is 25.8 Å². The molecule has 82 valence electrons. The third kappa shape index (κ3) is 2.41. The molecule has 0 N–H and O–H groups in total. The molecule has 1 aromatic heterocycles. The zero-order valence-electron chi connectivity index (χ0n) is 7.72. The first-order valence-electron chi connectivity index (χ1n) is 4.22. The van der Waals surface area contributed by atoms with Crippen LogP contribution in [-0.2, 0) is 0 Å². The van der Waals surface area contributed by atoms with Crippen LogP contribution in [0.2, 0.25) is 20.4 Å². The van der Waals surface area contributed by atoms with E-state index in [2.05, 4.69) is 9.97 Å². The molecule has 0 aliphatic rings. The van der Waals surface area contributed by atoms with Crippen molar-refractivity contribution in [3.05, 3.63) is 44.6 Å². The van der Waals surface area contributed by atoms with Gasteiger partial charge in [0.2, 0.25) is 0 Å². The zero-order valence-corrected chi connectivity index (χ0v) is 10.7. The molecule has 2 aromatic rings. The van der Waals surface area contributed by atoms with Gasteiger partial charge >= 0.3 is 0 Å². The van der Waals surface area contributed by atoms with Crippen molar-refractivity contribution in [2.24, 2.45) is 0 Å². The molecule has 0 atom stereocenters. The Balaban J connectivity index is 2.63. The number of rotatable bonds is 1. The zero-order chi connectivity index (χ0) is 11.7. The number of hydrogen-bond acceptors (Lipinski definition) is 2. The summed E-state index contributed by atoms with van der Waals surface area (Å²) in [4.78, 5) is 8.07. The lowest BCUT2D eigenvalue weighted by Crippen LogP contribution is -1.91. The summed E-state index contributed by atoms with van der Waals surface area (Å²) >= 11 is 23.5.